The molecule has 0 radical (unpaired) electrons. The Morgan fingerprint density at radius 1 is 0.844 bits per heavy atom. The van der Waals surface area contributed by atoms with Crippen molar-refractivity contribution in [3.05, 3.63) is 85.1 Å². The number of nitrogens with two attached hydrogens (primary N) is 1. The van der Waals surface area contributed by atoms with Crippen molar-refractivity contribution in [1.82, 2.24) is 25.1 Å². The molecular formula is C25H17FN6. The summed E-state index contributed by atoms with van der Waals surface area (Å²) in [5.74, 6) is -0.273. The molecule has 0 aliphatic heterocycles. The zero-order chi connectivity index (χ0) is 21.7. The molecule has 0 aliphatic carbocycles. The van der Waals surface area contributed by atoms with E-state index in [0.29, 0.717) is 11.3 Å². The molecule has 6 rings (SSSR count). The first kappa shape index (κ1) is 18.3. The zero-order valence-electron chi connectivity index (χ0n) is 16.8. The number of H-pyrrole nitrogens is 2. The minimum absolute atomic E-state index is 0.273. The van der Waals surface area contributed by atoms with E-state index in [0.717, 1.165) is 49.9 Å². The average molecular weight is 420 g/mol. The average Bonchev–Trinajstić information content (AvgIpc) is 3.42. The molecule has 0 atom stereocenters. The Morgan fingerprint density at radius 3 is 2.66 bits per heavy atom. The molecule has 0 fully saturated rings. The predicted octanol–water partition coefficient (Wildman–Crippen LogP) is 5.56. The summed E-state index contributed by atoms with van der Waals surface area (Å²) in [6, 6.07) is 18.4. The van der Waals surface area contributed by atoms with Crippen molar-refractivity contribution >= 4 is 27.6 Å². The van der Waals surface area contributed by atoms with Crippen molar-refractivity contribution in [3.8, 4) is 33.6 Å². The number of halogens is 1. The molecule has 6 nitrogen and oxygen atoms in total. The summed E-state index contributed by atoms with van der Waals surface area (Å²) < 4.78 is 13.8. The van der Waals surface area contributed by atoms with Crippen molar-refractivity contribution in [1.29, 1.82) is 0 Å². The van der Waals surface area contributed by atoms with Gasteiger partial charge in [0.2, 0.25) is 0 Å². The van der Waals surface area contributed by atoms with Crippen LogP contribution in [0.1, 0.15) is 0 Å². The highest BCUT2D eigenvalue weighted by atomic mass is 19.1. The van der Waals surface area contributed by atoms with Crippen LogP contribution < -0.4 is 5.73 Å². The summed E-state index contributed by atoms with van der Waals surface area (Å²) in [6.07, 6.45) is 5.13. The van der Waals surface area contributed by atoms with Gasteiger partial charge in [-0.15, -0.1) is 0 Å². The van der Waals surface area contributed by atoms with E-state index in [1.807, 2.05) is 36.4 Å². The molecule has 6 aromatic rings. The number of nitrogens with zero attached hydrogens (tertiary/aromatic N) is 3. The molecule has 0 unspecified atom stereocenters. The quantitative estimate of drug-likeness (QED) is 0.349. The van der Waals surface area contributed by atoms with Gasteiger partial charge >= 0.3 is 0 Å². The molecule has 4 N–H and O–H groups in total. The van der Waals surface area contributed by atoms with Gasteiger partial charge in [-0.1, -0.05) is 18.2 Å². The van der Waals surface area contributed by atoms with Crippen LogP contribution in [0, 0.1) is 5.82 Å². The summed E-state index contributed by atoms with van der Waals surface area (Å²) in [7, 11) is 0. The zero-order valence-corrected chi connectivity index (χ0v) is 16.8. The van der Waals surface area contributed by atoms with E-state index in [2.05, 4.69) is 31.2 Å². The second kappa shape index (κ2) is 7.02. The fourth-order valence-electron chi connectivity index (χ4n) is 4.08. The number of nitrogens with one attached hydrogen (secondary N) is 2. The number of fused-ring (bicyclic) bond motifs is 2. The van der Waals surface area contributed by atoms with E-state index in [1.165, 1.54) is 12.1 Å². The van der Waals surface area contributed by atoms with Crippen LogP contribution in [0.4, 0.5) is 10.1 Å². The normalized spacial score (nSPS) is 11.4. The fraction of sp³-hybridized carbons (Fsp3) is 0. The van der Waals surface area contributed by atoms with Gasteiger partial charge < -0.3 is 10.7 Å². The Labute approximate surface area is 182 Å². The molecule has 0 saturated carbocycles. The van der Waals surface area contributed by atoms with Gasteiger partial charge in [-0.25, -0.2) is 9.37 Å². The lowest BCUT2D eigenvalue weighted by molar-refractivity contribution is 0.628. The number of hydrogen-bond donors (Lipinski definition) is 3. The lowest BCUT2D eigenvalue weighted by Crippen LogP contribution is -1.87. The highest BCUT2D eigenvalue weighted by Crippen LogP contribution is 2.34. The number of hydrogen-bond acceptors (Lipinski definition) is 4. The molecule has 0 spiro atoms. The van der Waals surface area contributed by atoms with E-state index >= 15 is 0 Å². The highest BCUT2D eigenvalue weighted by molar-refractivity contribution is 6.00. The largest absolute Gasteiger partial charge is 0.397 e. The molecule has 0 bridgehead atoms. The van der Waals surface area contributed by atoms with Gasteiger partial charge in [-0.3, -0.25) is 10.1 Å². The number of rotatable bonds is 3. The number of nitrogen functional groups attached to an aromatic ring is 1. The van der Waals surface area contributed by atoms with Gasteiger partial charge in [0.05, 0.1) is 16.9 Å². The van der Waals surface area contributed by atoms with Gasteiger partial charge in [0, 0.05) is 34.9 Å². The molecule has 0 amide bonds. The second-order valence-corrected chi connectivity index (χ2v) is 7.65. The third kappa shape index (κ3) is 2.99. The lowest BCUT2D eigenvalue weighted by atomic mass is 10.0. The predicted molar refractivity (Wildman–Crippen MR) is 124 cm³/mol. The summed E-state index contributed by atoms with van der Waals surface area (Å²) in [5.41, 5.74) is 13.4. The van der Waals surface area contributed by atoms with Crippen LogP contribution in [0.25, 0.3) is 55.6 Å². The van der Waals surface area contributed by atoms with Crippen molar-refractivity contribution < 1.29 is 4.39 Å². The number of aromatic amines is 2. The van der Waals surface area contributed by atoms with Crippen LogP contribution in [-0.4, -0.2) is 25.1 Å². The van der Waals surface area contributed by atoms with E-state index < -0.39 is 0 Å². The Morgan fingerprint density at radius 2 is 1.78 bits per heavy atom. The molecule has 4 aromatic heterocycles. The van der Waals surface area contributed by atoms with E-state index in [-0.39, 0.29) is 5.82 Å². The maximum absolute atomic E-state index is 13.8. The number of anilines is 1. The molecule has 154 valence electrons. The topological polar surface area (TPSA) is 96.3 Å². The first-order valence-electron chi connectivity index (χ1n) is 10.1. The third-order valence-corrected chi connectivity index (χ3v) is 5.58. The van der Waals surface area contributed by atoms with Crippen molar-refractivity contribution in [2.24, 2.45) is 0 Å². The summed E-state index contributed by atoms with van der Waals surface area (Å²) in [5, 5.41) is 9.50. The first-order chi connectivity index (χ1) is 15.7. The van der Waals surface area contributed by atoms with E-state index in [9.17, 15) is 4.39 Å². The standard InChI is InChI=1S/C25H17FN6/c26-17-3-1-2-15(8-17)19-6-7-29-25-20(19)11-23(30-25)24-21-10-14(4-5-22(21)31-32-24)16-9-18(27)13-28-12-16/h1-13H,27H2,(H,29,30)(H,31,32). The molecular weight excluding hydrogens is 403 g/mol. The minimum atomic E-state index is -0.273. The smallest absolute Gasteiger partial charge is 0.138 e. The van der Waals surface area contributed by atoms with Gasteiger partial charge in [-0.2, -0.15) is 5.10 Å². The van der Waals surface area contributed by atoms with Crippen LogP contribution >= 0.6 is 0 Å². The molecule has 2 aromatic carbocycles. The van der Waals surface area contributed by atoms with Gasteiger partial charge in [0.1, 0.15) is 17.2 Å². The minimum Gasteiger partial charge on any atom is -0.397 e. The molecule has 32 heavy (non-hydrogen) atoms. The Balaban J connectivity index is 1.51. The summed E-state index contributed by atoms with van der Waals surface area (Å²) in [4.78, 5) is 12.0. The number of aromatic nitrogens is 5. The Hall–Kier alpha value is -4.52. The first-order valence-corrected chi connectivity index (χ1v) is 10.1. The SMILES string of the molecule is Nc1cncc(-c2ccc3[nH]nc(-c4cc5c(-c6cccc(F)c6)ccnc5[nH]4)c3c2)c1. The van der Waals surface area contributed by atoms with Crippen LogP contribution in [0.5, 0.6) is 0 Å². The van der Waals surface area contributed by atoms with Gasteiger partial charge in [0.25, 0.3) is 0 Å². The van der Waals surface area contributed by atoms with Crippen LogP contribution in [0.15, 0.2) is 79.3 Å². The second-order valence-electron chi connectivity index (χ2n) is 7.65. The molecule has 0 aliphatic rings. The van der Waals surface area contributed by atoms with Gasteiger partial charge in [-0.05, 0) is 59.2 Å². The van der Waals surface area contributed by atoms with Gasteiger partial charge in [0.15, 0.2) is 0 Å². The van der Waals surface area contributed by atoms with E-state index in [1.54, 1.807) is 24.7 Å². The van der Waals surface area contributed by atoms with Crippen LogP contribution in [0.3, 0.4) is 0 Å². The Kier molecular flexibility index (Phi) is 4.01. The van der Waals surface area contributed by atoms with Crippen molar-refractivity contribution in [2.75, 3.05) is 5.73 Å². The van der Waals surface area contributed by atoms with Crippen LogP contribution in [-0.2, 0) is 0 Å². The van der Waals surface area contributed by atoms with E-state index in [4.69, 9.17) is 5.73 Å². The molecule has 7 heteroatoms. The van der Waals surface area contributed by atoms with Crippen molar-refractivity contribution in [3.63, 3.8) is 0 Å². The third-order valence-electron chi connectivity index (χ3n) is 5.58. The monoisotopic (exact) mass is 420 g/mol. The highest BCUT2D eigenvalue weighted by Gasteiger charge is 2.15. The fourth-order valence-corrected chi connectivity index (χ4v) is 4.08. The maximum Gasteiger partial charge on any atom is 0.138 e. The summed E-state index contributed by atoms with van der Waals surface area (Å²) >= 11 is 0. The number of pyridine rings is 2. The Bertz CT molecular complexity index is 1610. The number of benzene rings is 2. The maximum atomic E-state index is 13.8. The molecule has 0 saturated heterocycles. The van der Waals surface area contributed by atoms with Crippen LogP contribution in [0.2, 0.25) is 0 Å². The van der Waals surface area contributed by atoms with Crippen molar-refractivity contribution in [2.45, 2.75) is 0 Å². The molecule has 4 heterocycles. The summed E-state index contributed by atoms with van der Waals surface area (Å²) in [6.45, 7) is 0. The lowest BCUT2D eigenvalue weighted by Gasteiger charge is -2.03.